The molecule has 0 amide bonds. The lowest BCUT2D eigenvalue weighted by Gasteiger charge is -2.08. The van der Waals surface area contributed by atoms with Crippen LogP contribution in [0.1, 0.15) is 11.3 Å². The van der Waals surface area contributed by atoms with Crippen molar-refractivity contribution in [3.05, 3.63) is 46.2 Å². The van der Waals surface area contributed by atoms with E-state index in [0.29, 0.717) is 6.54 Å². The molecule has 0 unspecified atom stereocenters. The molecule has 2 rings (SSSR count). The van der Waals surface area contributed by atoms with E-state index in [1.807, 2.05) is 42.1 Å². The summed E-state index contributed by atoms with van der Waals surface area (Å²) in [5, 5.41) is 4.37. The minimum atomic E-state index is 0.508. The first-order chi connectivity index (χ1) is 7.20. The molecule has 3 nitrogen and oxygen atoms in total. The van der Waals surface area contributed by atoms with E-state index in [0.717, 1.165) is 21.4 Å². The molecular weight excluding hydrogens is 254 g/mol. The minimum Gasteiger partial charge on any atom is -0.326 e. The predicted molar refractivity (Wildman–Crippen MR) is 63.9 cm³/mol. The number of nitrogens with zero attached hydrogens (tertiary/aromatic N) is 2. The first kappa shape index (κ1) is 10.4. The van der Waals surface area contributed by atoms with Crippen molar-refractivity contribution < 1.29 is 0 Å². The Hall–Kier alpha value is -1.13. The van der Waals surface area contributed by atoms with E-state index in [-0.39, 0.29) is 0 Å². The molecule has 0 saturated carbocycles. The van der Waals surface area contributed by atoms with Crippen LogP contribution in [0.2, 0.25) is 0 Å². The topological polar surface area (TPSA) is 43.8 Å². The number of aromatic nitrogens is 2. The van der Waals surface area contributed by atoms with Gasteiger partial charge in [0.2, 0.25) is 0 Å². The second kappa shape index (κ2) is 4.16. The molecule has 0 radical (unpaired) electrons. The van der Waals surface area contributed by atoms with E-state index < -0.39 is 0 Å². The van der Waals surface area contributed by atoms with Crippen LogP contribution in [-0.4, -0.2) is 9.78 Å². The maximum absolute atomic E-state index is 5.70. The van der Waals surface area contributed by atoms with Gasteiger partial charge in [-0.1, -0.05) is 15.9 Å². The number of rotatable bonds is 2. The Bertz CT molecular complexity index is 476. The molecule has 15 heavy (non-hydrogen) atoms. The molecule has 1 aromatic carbocycles. The van der Waals surface area contributed by atoms with E-state index in [2.05, 4.69) is 21.0 Å². The Morgan fingerprint density at radius 1 is 1.40 bits per heavy atom. The second-order valence-electron chi connectivity index (χ2n) is 3.38. The van der Waals surface area contributed by atoms with Crippen molar-refractivity contribution in [1.82, 2.24) is 9.78 Å². The molecule has 2 N–H and O–H groups in total. The third-order valence-electron chi connectivity index (χ3n) is 2.23. The highest BCUT2D eigenvalue weighted by molar-refractivity contribution is 9.10. The summed E-state index contributed by atoms with van der Waals surface area (Å²) in [6.07, 6.45) is 1.94. The maximum Gasteiger partial charge on any atom is 0.0691 e. The van der Waals surface area contributed by atoms with Crippen LogP contribution in [0.3, 0.4) is 0 Å². The monoisotopic (exact) mass is 265 g/mol. The van der Waals surface area contributed by atoms with Crippen molar-refractivity contribution in [3.8, 4) is 5.69 Å². The van der Waals surface area contributed by atoms with Crippen molar-refractivity contribution in [3.63, 3.8) is 0 Å². The van der Waals surface area contributed by atoms with Crippen molar-refractivity contribution in [2.75, 3.05) is 0 Å². The Morgan fingerprint density at radius 3 is 2.80 bits per heavy atom. The molecule has 0 fully saturated rings. The zero-order valence-corrected chi connectivity index (χ0v) is 10.0. The number of hydrogen-bond acceptors (Lipinski definition) is 2. The molecule has 0 aliphatic rings. The zero-order valence-electron chi connectivity index (χ0n) is 8.44. The van der Waals surface area contributed by atoms with Crippen LogP contribution in [0.4, 0.5) is 0 Å². The van der Waals surface area contributed by atoms with Gasteiger partial charge in [-0.05, 0) is 36.8 Å². The highest BCUT2D eigenvalue weighted by Crippen LogP contribution is 2.19. The Morgan fingerprint density at radius 2 is 2.20 bits per heavy atom. The molecular formula is C11H12BrN3. The summed E-state index contributed by atoms with van der Waals surface area (Å²) in [5.74, 6) is 0. The molecule has 0 spiro atoms. The predicted octanol–water partition coefficient (Wildman–Crippen LogP) is 2.40. The molecule has 0 bridgehead atoms. The number of hydrogen-bond donors (Lipinski definition) is 1. The summed E-state index contributed by atoms with van der Waals surface area (Å²) < 4.78 is 2.89. The van der Waals surface area contributed by atoms with E-state index in [1.165, 1.54) is 0 Å². The first-order valence-electron chi connectivity index (χ1n) is 4.72. The number of halogens is 1. The van der Waals surface area contributed by atoms with Gasteiger partial charge in [-0.2, -0.15) is 5.10 Å². The zero-order chi connectivity index (χ0) is 10.8. The fourth-order valence-corrected chi connectivity index (χ4v) is 1.90. The Kier molecular flexibility index (Phi) is 2.88. The van der Waals surface area contributed by atoms with Gasteiger partial charge >= 0.3 is 0 Å². The molecule has 0 aliphatic heterocycles. The van der Waals surface area contributed by atoms with Gasteiger partial charge in [0.25, 0.3) is 0 Å². The summed E-state index contributed by atoms with van der Waals surface area (Å²) in [6.45, 7) is 2.48. The van der Waals surface area contributed by atoms with Gasteiger partial charge in [0.1, 0.15) is 0 Å². The van der Waals surface area contributed by atoms with Gasteiger partial charge in [0.05, 0.1) is 11.4 Å². The third kappa shape index (κ3) is 2.11. The molecule has 0 atom stereocenters. The van der Waals surface area contributed by atoms with Crippen LogP contribution in [0.5, 0.6) is 0 Å². The second-order valence-corrected chi connectivity index (χ2v) is 4.29. The van der Waals surface area contributed by atoms with E-state index in [4.69, 9.17) is 5.73 Å². The highest BCUT2D eigenvalue weighted by atomic mass is 79.9. The van der Waals surface area contributed by atoms with E-state index >= 15 is 0 Å². The van der Waals surface area contributed by atoms with Gasteiger partial charge < -0.3 is 5.73 Å². The van der Waals surface area contributed by atoms with Crippen molar-refractivity contribution in [2.24, 2.45) is 5.73 Å². The Labute approximate surface area is 97.0 Å². The van der Waals surface area contributed by atoms with Gasteiger partial charge in [0, 0.05) is 17.2 Å². The highest BCUT2D eigenvalue weighted by Gasteiger charge is 2.04. The molecule has 1 aromatic heterocycles. The van der Waals surface area contributed by atoms with Crippen LogP contribution in [0.25, 0.3) is 5.69 Å². The van der Waals surface area contributed by atoms with E-state index in [9.17, 15) is 0 Å². The number of nitrogens with two attached hydrogens (primary N) is 1. The summed E-state index contributed by atoms with van der Waals surface area (Å²) in [4.78, 5) is 0. The first-order valence-corrected chi connectivity index (χ1v) is 5.51. The third-order valence-corrected chi connectivity index (χ3v) is 2.72. The van der Waals surface area contributed by atoms with Gasteiger partial charge in [-0.25, -0.2) is 4.68 Å². The van der Waals surface area contributed by atoms with Crippen LogP contribution in [0.15, 0.2) is 34.9 Å². The molecule has 0 aliphatic carbocycles. The summed E-state index contributed by atoms with van der Waals surface area (Å²) in [5.41, 5.74) is 8.81. The maximum atomic E-state index is 5.70. The van der Waals surface area contributed by atoms with E-state index in [1.54, 1.807) is 0 Å². The minimum absolute atomic E-state index is 0.508. The quantitative estimate of drug-likeness (QED) is 0.907. The SMILES string of the molecule is Cc1ccn(-c2ccc(Br)cc2CN)n1. The Balaban J connectivity index is 2.52. The molecule has 78 valence electrons. The summed E-state index contributed by atoms with van der Waals surface area (Å²) >= 11 is 3.43. The number of aryl methyl sites for hydroxylation is 1. The lowest BCUT2D eigenvalue weighted by atomic mass is 10.2. The van der Waals surface area contributed by atoms with Gasteiger partial charge in [-0.15, -0.1) is 0 Å². The summed E-state index contributed by atoms with van der Waals surface area (Å²) in [7, 11) is 0. The smallest absolute Gasteiger partial charge is 0.0691 e. The summed E-state index contributed by atoms with van der Waals surface area (Å²) in [6, 6.07) is 8.00. The van der Waals surface area contributed by atoms with Crippen molar-refractivity contribution >= 4 is 15.9 Å². The van der Waals surface area contributed by atoms with Crippen LogP contribution < -0.4 is 5.73 Å². The molecule has 0 saturated heterocycles. The average Bonchev–Trinajstić information content (AvgIpc) is 2.64. The lowest BCUT2D eigenvalue weighted by Crippen LogP contribution is -2.05. The van der Waals surface area contributed by atoms with Crippen LogP contribution >= 0.6 is 15.9 Å². The van der Waals surface area contributed by atoms with Gasteiger partial charge in [0.15, 0.2) is 0 Å². The molecule has 2 aromatic rings. The lowest BCUT2D eigenvalue weighted by molar-refractivity contribution is 0.843. The molecule has 1 heterocycles. The standard InChI is InChI=1S/C11H12BrN3/c1-8-4-5-15(14-8)11-3-2-10(12)6-9(11)7-13/h2-6H,7,13H2,1H3. The normalized spacial score (nSPS) is 10.6. The van der Waals surface area contributed by atoms with Crippen LogP contribution in [0, 0.1) is 6.92 Å². The largest absolute Gasteiger partial charge is 0.326 e. The fraction of sp³-hybridized carbons (Fsp3) is 0.182. The van der Waals surface area contributed by atoms with Crippen molar-refractivity contribution in [2.45, 2.75) is 13.5 Å². The van der Waals surface area contributed by atoms with Crippen LogP contribution in [-0.2, 0) is 6.54 Å². The number of benzene rings is 1. The fourth-order valence-electron chi connectivity index (χ4n) is 1.49. The van der Waals surface area contributed by atoms with Crippen molar-refractivity contribution in [1.29, 1.82) is 0 Å². The molecule has 4 heteroatoms. The average molecular weight is 266 g/mol. The van der Waals surface area contributed by atoms with Gasteiger partial charge in [-0.3, -0.25) is 0 Å².